The third-order valence-electron chi connectivity index (χ3n) is 6.02. The molecule has 0 unspecified atom stereocenters. The van der Waals surface area contributed by atoms with Crippen LogP contribution < -0.4 is 4.90 Å². The molecular formula is C26H22Cl2FN5O. The molecule has 1 aliphatic rings. The molecule has 35 heavy (non-hydrogen) atoms. The van der Waals surface area contributed by atoms with Gasteiger partial charge in [-0.05, 0) is 54.1 Å². The number of carbonyl (C=O) groups is 1. The summed E-state index contributed by atoms with van der Waals surface area (Å²) < 4.78 is 15.0. The zero-order valence-electron chi connectivity index (χ0n) is 18.7. The molecule has 1 aliphatic heterocycles. The standard InChI is InChI=1S/C26H22Cl2FN5O/c27-20-4-2-19(3-5-20)23-15-24(34(31-23)17-18-1-10-25(28)30-16-18)26(35)33-13-11-32(12-14-33)22-8-6-21(29)7-9-22/h1-10,15-16H,11-14,17H2. The number of nitrogens with zero attached hydrogens (tertiary/aromatic N) is 5. The van der Waals surface area contributed by atoms with E-state index < -0.39 is 0 Å². The van der Waals surface area contributed by atoms with E-state index in [1.165, 1.54) is 12.1 Å². The largest absolute Gasteiger partial charge is 0.368 e. The lowest BCUT2D eigenvalue weighted by molar-refractivity contribution is 0.0734. The summed E-state index contributed by atoms with van der Waals surface area (Å²) in [5.41, 5.74) is 3.90. The lowest BCUT2D eigenvalue weighted by Crippen LogP contribution is -2.49. The third-order valence-corrected chi connectivity index (χ3v) is 6.49. The number of anilines is 1. The van der Waals surface area contributed by atoms with E-state index in [0.29, 0.717) is 54.3 Å². The molecule has 0 saturated carbocycles. The van der Waals surface area contributed by atoms with E-state index in [9.17, 15) is 9.18 Å². The van der Waals surface area contributed by atoms with E-state index in [4.69, 9.17) is 28.3 Å². The molecule has 6 nitrogen and oxygen atoms in total. The highest BCUT2D eigenvalue weighted by Crippen LogP contribution is 2.24. The smallest absolute Gasteiger partial charge is 0.272 e. The molecule has 3 heterocycles. The quantitative estimate of drug-likeness (QED) is 0.338. The Labute approximate surface area is 212 Å². The predicted octanol–water partition coefficient (Wildman–Crippen LogP) is 5.40. The van der Waals surface area contributed by atoms with Gasteiger partial charge in [0.2, 0.25) is 0 Å². The normalized spacial score (nSPS) is 13.8. The highest BCUT2D eigenvalue weighted by atomic mass is 35.5. The Morgan fingerprint density at radius 2 is 1.63 bits per heavy atom. The summed E-state index contributed by atoms with van der Waals surface area (Å²) in [5.74, 6) is -0.346. The Morgan fingerprint density at radius 3 is 2.29 bits per heavy atom. The Kier molecular flexibility index (Phi) is 6.70. The van der Waals surface area contributed by atoms with Gasteiger partial charge in [-0.15, -0.1) is 0 Å². The fourth-order valence-electron chi connectivity index (χ4n) is 4.13. The maximum atomic E-state index is 13.6. The van der Waals surface area contributed by atoms with E-state index >= 15 is 0 Å². The number of rotatable bonds is 5. The number of aromatic nitrogens is 3. The summed E-state index contributed by atoms with van der Waals surface area (Å²) in [6, 6.07) is 19.2. The lowest BCUT2D eigenvalue weighted by atomic mass is 10.1. The molecule has 0 bridgehead atoms. The first kappa shape index (κ1) is 23.3. The average Bonchev–Trinajstić information content (AvgIpc) is 3.29. The molecule has 0 N–H and O–H groups in total. The number of amides is 1. The van der Waals surface area contributed by atoms with Crippen LogP contribution in [0.5, 0.6) is 0 Å². The van der Waals surface area contributed by atoms with Crippen LogP contribution in [0.1, 0.15) is 16.1 Å². The number of hydrogen-bond acceptors (Lipinski definition) is 4. The summed E-state index contributed by atoms with van der Waals surface area (Å²) in [5, 5.41) is 5.78. The fourth-order valence-corrected chi connectivity index (χ4v) is 4.36. The molecule has 5 rings (SSSR count). The fraction of sp³-hybridized carbons (Fsp3) is 0.192. The van der Waals surface area contributed by atoms with Gasteiger partial charge in [0, 0.05) is 48.6 Å². The SMILES string of the molecule is O=C(c1cc(-c2ccc(Cl)cc2)nn1Cc1ccc(Cl)nc1)N1CCN(c2ccc(F)cc2)CC1. The Hall–Kier alpha value is -3.42. The van der Waals surface area contributed by atoms with Crippen molar-refractivity contribution in [2.24, 2.45) is 0 Å². The van der Waals surface area contributed by atoms with Crippen molar-refractivity contribution in [3.63, 3.8) is 0 Å². The third kappa shape index (κ3) is 5.31. The summed E-state index contributed by atoms with van der Waals surface area (Å²) in [6.45, 7) is 2.82. The van der Waals surface area contributed by atoms with E-state index in [0.717, 1.165) is 16.8 Å². The number of benzene rings is 2. The summed E-state index contributed by atoms with van der Waals surface area (Å²) >= 11 is 12.0. The first-order valence-corrected chi connectivity index (χ1v) is 12.0. The van der Waals surface area contributed by atoms with Crippen molar-refractivity contribution in [1.82, 2.24) is 19.7 Å². The Morgan fingerprint density at radius 1 is 0.914 bits per heavy atom. The molecule has 0 atom stereocenters. The monoisotopic (exact) mass is 509 g/mol. The van der Waals surface area contributed by atoms with Crippen LogP contribution in [0.15, 0.2) is 72.9 Å². The van der Waals surface area contributed by atoms with Gasteiger partial charge < -0.3 is 9.80 Å². The first-order chi connectivity index (χ1) is 17.0. The molecular weight excluding hydrogens is 488 g/mol. The van der Waals surface area contributed by atoms with Crippen molar-refractivity contribution in [3.05, 3.63) is 100 Å². The average molecular weight is 510 g/mol. The van der Waals surface area contributed by atoms with Gasteiger partial charge in [-0.2, -0.15) is 5.10 Å². The highest BCUT2D eigenvalue weighted by Gasteiger charge is 2.26. The van der Waals surface area contributed by atoms with Crippen LogP contribution in [0.25, 0.3) is 11.3 Å². The number of carbonyl (C=O) groups excluding carboxylic acids is 1. The Bertz CT molecular complexity index is 1320. The van der Waals surface area contributed by atoms with Crippen LogP contribution in [-0.2, 0) is 6.54 Å². The summed E-state index contributed by atoms with van der Waals surface area (Å²) in [6.07, 6.45) is 1.68. The van der Waals surface area contributed by atoms with E-state index in [1.807, 2.05) is 29.2 Å². The highest BCUT2D eigenvalue weighted by molar-refractivity contribution is 6.30. The van der Waals surface area contributed by atoms with Crippen LogP contribution in [-0.4, -0.2) is 51.8 Å². The van der Waals surface area contributed by atoms with Crippen molar-refractivity contribution < 1.29 is 9.18 Å². The van der Waals surface area contributed by atoms with Gasteiger partial charge in [-0.25, -0.2) is 9.37 Å². The lowest BCUT2D eigenvalue weighted by Gasteiger charge is -2.36. The molecule has 1 saturated heterocycles. The molecule has 178 valence electrons. The molecule has 0 aliphatic carbocycles. The van der Waals surface area contributed by atoms with Gasteiger partial charge in [0.05, 0.1) is 12.2 Å². The van der Waals surface area contributed by atoms with Crippen molar-refractivity contribution in [2.75, 3.05) is 31.1 Å². The van der Waals surface area contributed by atoms with Crippen LogP contribution in [0.2, 0.25) is 10.2 Å². The van der Waals surface area contributed by atoms with E-state index in [-0.39, 0.29) is 11.7 Å². The van der Waals surface area contributed by atoms with Crippen LogP contribution in [0.4, 0.5) is 10.1 Å². The maximum absolute atomic E-state index is 13.6. The molecule has 9 heteroatoms. The minimum atomic E-state index is -0.261. The predicted molar refractivity (Wildman–Crippen MR) is 136 cm³/mol. The number of hydrogen-bond donors (Lipinski definition) is 0. The zero-order valence-corrected chi connectivity index (χ0v) is 20.3. The number of piperazine rings is 1. The molecule has 0 radical (unpaired) electrons. The number of halogens is 3. The van der Waals surface area contributed by atoms with E-state index in [2.05, 4.69) is 9.88 Å². The molecule has 0 spiro atoms. The summed E-state index contributed by atoms with van der Waals surface area (Å²) in [4.78, 5) is 21.7. The van der Waals surface area contributed by atoms with Crippen LogP contribution >= 0.6 is 23.2 Å². The molecule has 1 fully saturated rings. The van der Waals surface area contributed by atoms with Gasteiger partial charge in [0.1, 0.15) is 16.7 Å². The van der Waals surface area contributed by atoms with Gasteiger partial charge >= 0.3 is 0 Å². The number of pyridine rings is 1. The van der Waals surface area contributed by atoms with Crippen molar-refractivity contribution in [2.45, 2.75) is 6.54 Å². The molecule has 2 aromatic carbocycles. The van der Waals surface area contributed by atoms with Gasteiger partial charge in [-0.3, -0.25) is 9.48 Å². The van der Waals surface area contributed by atoms with Crippen LogP contribution in [0.3, 0.4) is 0 Å². The van der Waals surface area contributed by atoms with E-state index in [1.54, 1.807) is 41.2 Å². The minimum absolute atomic E-state index is 0.0848. The van der Waals surface area contributed by atoms with Gasteiger partial charge in [-0.1, -0.05) is 41.4 Å². The molecule has 4 aromatic rings. The zero-order chi connectivity index (χ0) is 24.4. The molecule has 1 amide bonds. The maximum Gasteiger partial charge on any atom is 0.272 e. The second kappa shape index (κ2) is 10.1. The second-order valence-electron chi connectivity index (χ2n) is 8.32. The second-order valence-corrected chi connectivity index (χ2v) is 9.15. The topological polar surface area (TPSA) is 54.3 Å². The van der Waals surface area contributed by atoms with Gasteiger partial charge in [0.25, 0.3) is 5.91 Å². The minimum Gasteiger partial charge on any atom is -0.368 e. The summed E-state index contributed by atoms with van der Waals surface area (Å²) in [7, 11) is 0. The van der Waals surface area contributed by atoms with Crippen molar-refractivity contribution in [3.8, 4) is 11.3 Å². The van der Waals surface area contributed by atoms with Crippen LogP contribution in [0, 0.1) is 5.82 Å². The first-order valence-electron chi connectivity index (χ1n) is 11.2. The Balaban J connectivity index is 1.38. The van der Waals surface area contributed by atoms with Gasteiger partial charge in [0.15, 0.2) is 0 Å². The van der Waals surface area contributed by atoms with Crippen molar-refractivity contribution in [1.29, 1.82) is 0 Å². The molecule has 2 aromatic heterocycles. The van der Waals surface area contributed by atoms with Crippen molar-refractivity contribution >= 4 is 34.8 Å².